The van der Waals surface area contributed by atoms with Gasteiger partial charge >= 0.3 is 5.97 Å². The lowest BCUT2D eigenvalue weighted by Crippen LogP contribution is -2.30. The van der Waals surface area contributed by atoms with Gasteiger partial charge in [-0.25, -0.2) is 4.79 Å². The molecule has 0 aliphatic heterocycles. The second-order valence-corrected chi connectivity index (χ2v) is 6.22. The zero-order valence-electron chi connectivity index (χ0n) is 15.7. The van der Waals surface area contributed by atoms with E-state index >= 15 is 0 Å². The fourth-order valence-electron chi connectivity index (χ4n) is 2.74. The number of hydrogen-bond acceptors (Lipinski definition) is 5. The molecule has 0 fully saturated rings. The molecule has 1 atom stereocenters. The molecule has 0 radical (unpaired) electrons. The van der Waals surface area contributed by atoms with Gasteiger partial charge in [-0.2, -0.15) is 5.10 Å². The van der Waals surface area contributed by atoms with Crippen LogP contribution in [0.3, 0.4) is 0 Å². The standard InChI is InChI=1S/C21H21N3O4/c1-14(20(22)25)28-21(26)17-13-24(12-15-8-4-3-5-9-15)23-19(17)16-10-6-7-11-18(16)27-2/h3-11,13-14H,12H2,1-2H3,(H2,22,25)/t14-/m0/s1. The van der Waals surface area contributed by atoms with Gasteiger partial charge in [0.1, 0.15) is 17.0 Å². The summed E-state index contributed by atoms with van der Waals surface area (Å²) in [4.78, 5) is 24.0. The Balaban J connectivity index is 2.02. The van der Waals surface area contributed by atoms with E-state index in [0.717, 1.165) is 5.56 Å². The summed E-state index contributed by atoms with van der Waals surface area (Å²) in [6, 6.07) is 17.0. The Kier molecular flexibility index (Phi) is 5.74. The number of hydrogen-bond donors (Lipinski definition) is 1. The van der Waals surface area contributed by atoms with Crippen LogP contribution < -0.4 is 10.5 Å². The predicted molar refractivity (Wildman–Crippen MR) is 104 cm³/mol. The minimum absolute atomic E-state index is 0.230. The molecule has 28 heavy (non-hydrogen) atoms. The molecular formula is C21H21N3O4. The molecule has 1 aromatic heterocycles. The molecule has 0 saturated carbocycles. The summed E-state index contributed by atoms with van der Waals surface area (Å²) in [6.07, 6.45) is 0.556. The molecule has 3 aromatic rings. The lowest BCUT2D eigenvalue weighted by molar-refractivity contribution is -0.125. The first-order valence-electron chi connectivity index (χ1n) is 8.74. The van der Waals surface area contributed by atoms with Gasteiger partial charge in [0.2, 0.25) is 0 Å². The van der Waals surface area contributed by atoms with Crippen molar-refractivity contribution in [1.82, 2.24) is 9.78 Å². The fraction of sp³-hybridized carbons (Fsp3) is 0.190. The number of nitrogens with two attached hydrogens (primary N) is 1. The second-order valence-electron chi connectivity index (χ2n) is 6.22. The number of ether oxygens (including phenoxy) is 2. The van der Waals surface area contributed by atoms with Crippen LogP contribution in [-0.2, 0) is 16.1 Å². The molecule has 1 amide bonds. The van der Waals surface area contributed by atoms with E-state index in [-0.39, 0.29) is 5.56 Å². The zero-order valence-corrected chi connectivity index (χ0v) is 15.7. The summed E-state index contributed by atoms with van der Waals surface area (Å²) in [7, 11) is 1.55. The van der Waals surface area contributed by atoms with Crippen LogP contribution in [-0.4, -0.2) is 34.9 Å². The fourth-order valence-corrected chi connectivity index (χ4v) is 2.74. The second kappa shape index (κ2) is 8.39. The van der Waals surface area contributed by atoms with Crippen LogP contribution in [0.15, 0.2) is 60.8 Å². The number of carbonyl (C=O) groups is 2. The molecule has 0 aliphatic rings. The summed E-state index contributed by atoms with van der Waals surface area (Å²) >= 11 is 0. The molecule has 0 aliphatic carbocycles. The van der Waals surface area contributed by atoms with Gasteiger partial charge in [-0.15, -0.1) is 0 Å². The number of nitrogens with zero attached hydrogens (tertiary/aromatic N) is 2. The molecule has 0 spiro atoms. The van der Waals surface area contributed by atoms with E-state index in [1.165, 1.54) is 6.92 Å². The van der Waals surface area contributed by atoms with Gasteiger partial charge in [0.05, 0.1) is 13.7 Å². The van der Waals surface area contributed by atoms with Gasteiger partial charge in [0, 0.05) is 11.8 Å². The number of amides is 1. The molecular weight excluding hydrogens is 358 g/mol. The Bertz CT molecular complexity index is 982. The van der Waals surface area contributed by atoms with Gasteiger partial charge in [0.15, 0.2) is 6.10 Å². The number of methoxy groups -OCH3 is 1. The first-order chi connectivity index (χ1) is 13.5. The maximum atomic E-state index is 12.7. The van der Waals surface area contributed by atoms with Gasteiger partial charge in [-0.05, 0) is 24.6 Å². The Morgan fingerprint density at radius 2 is 1.79 bits per heavy atom. The maximum Gasteiger partial charge on any atom is 0.342 e. The monoisotopic (exact) mass is 379 g/mol. The topological polar surface area (TPSA) is 96.4 Å². The van der Waals surface area contributed by atoms with Gasteiger partial charge < -0.3 is 15.2 Å². The highest BCUT2D eigenvalue weighted by atomic mass is 16.5. The first kappa shape index (κ1) is 19.2. The van der Waals surface area contributed by atoms with Crippen molar-refractivity contribution in [3.63, 3.8) is 0 Å². The highest BCUT2D eigenvalue weighted by Gasteiger charge is 2.24. The molecule has 0 saturated heterocycles. The molecule has 7 nitrogen and oxygen atoms in total. The highest BCUT2D eigenvalue weighted by Crippen LogP contribution is 2.31. The van der Waals surface area contributed by atoms with Crippen molar-refractivity contribution in [2.24, 2.45) is 5.73 Å². The van der Waals surface area contributed by atoms with E-state index in [1.807, 2.05) is 48.5 Å². The number of primary amides is 1. The third-order valence-corrected chi connectivity index (χ3v) is 4.22. The molecule has 2 aromatic carbocycles. The van der Waals surface area contributed by atoms with Crippen LogP contribution >= 0.6 is 0 Å². The quantitative estimate of drug-likeness (QED) is 0.637. The largest absolute Gasteiger partial charge is 0.496 e. The molecule has 1 heterocycles. The van der Waals surface area contributed by atoms with Crippen LogP contribution in [0.4, 0.5) is 0 Å². The van der Waals surface area contributed by atoms with E-state index in [0.29, 0.717) is 23.6 Å². The van der Waals surface area contributed by atoms with E-state index < -0.39 is 18.0 Å². The van der Waals surface area contributed by atoms with Gasteiger partial charge in [0.25, 0.3) is 5.91 Å². The van der Waals surface area contributed by atoms with Crippen LogP contribution in [0.25, 0.3) is 11.3 Å². The third kappa shape index (κ3) is 4.20. The Hall–Kier alpha value is -3.61. The molecule has 144 valence electrons. The lowest BCUT2D eigenvalue weighted by atomic mass is 10.1. The van der Waals surface area contributed by atoms with Crippen LogP contribution in [0.1, 0.15) is 22.8 Å². The van der Waals surface area contributed by atoms with E-state index in [2.05, 4.69) is 5.10 Å². The number of para-hydroxylation sites is 1. The highest BCUT2D eigenvalue weighted by molar-refractivity contribution is 5.98. The number of carbonyl (C=O) groups excluding carboxylic acids is 2. The Labute approximate surface area is 162 Å². The average molecular weight is 379 g/mol. The van der Waals surface area contributed by atoms with Crippen molar-refractivity contribution in [2.75, 3.05) is 7.11 Å². The number of esters is 1. The van der Waals surface area contributed by atoms with Crippen molar-refractivity contribution in [2.45, 2.75) is 19.6 Å². The van der Waals surface area contributed by atoms with Crippen molar-refractivity contribution in [3.8, 4) is 17.0 Å². The van der Waals surface area contributed by atoms with Crippen LogP contribution in [0.5, 0.6) is 5.75 Å². The molecule has 0 bridgehead atoms. The lowest BCUT2D eigenvalue weighted by Gasteiger charge is -2.10. The average Bonchev–Trinajstić information content (AvgIpc) is 3.12. The predicted octanol–water partition coefficient (Wildman–Crippen LogP) is 2.64. The van der Waals surface area contributed by atoms with Gasteiger partial charge in [-0.1, -0.05) is 42.5 Å². The maximum absolute atomic E-state index is 12.7. The van der Waals surface area contributed by atoms with Crippen molar-refractivity contribution >= 4 is 11.9 Å². The molecule has 2 N–H and O–H groups in total. The van der Waals surface area contributed by atoms with E-state index in [4.69, 9.17) is 15.2 Å². The first-order valence-corrected chi connectivity index (χ1v) is 8.74. The molecule has 0 unspecified atom stereocenters. The van der Waals surface area contributed by atoms with Crippen LogP contribution in [0, 0.1) is 0 Å². The molecule has 3 rings (SSSR count). The smallest absolute Gasteiger partial charge is 0.342 e. The third-order valence-electron chi connectivity index (χ3n) is 4.22. The summed E-state index contributed by atoms with van der Waals surface area (Å²) in [5, 5.41) is 4.58. The number of rotatable bonds is 7. The number of benzene rings is 2. The van der Waals surface area contributed by atoms with Crippen molar-refractivity contribution < 1.29 is 19.1 Å². The summed E-state index contributed by atoms with van der Waals surface area (Å²) in [5.41, 5.74) is 7.53. The summed E-state index contributed by atoms with van der Waals surface area (Å²) in [5.74, 6) is -0.820. The van der Waals surface area contributed by atoms with Crippen LogP contribution in [0.2, 0.25) is 0 Å². The summed E-state index contributed by atoms with van der Waals surface area (Å²) in [6.45, 7) is 1.90. The zero-order chi connectivity index (χ0) is 20.1. The van der Waals surface area contributed by atoms with Crippen molar-refractivity contribution in [3.05, 3.63) is 71.9 Å². The number of aromatic nitrogens is 2. The summed E-state index contributed by atoms with van der Waals surface area (Å²) < 4.78 is 12.3. The van der Waals surface area contributed by atoms with Crippen molar-refractivity contribution in [1.29, 1.82) is 0 Å². The van der Waals surface area contributed by atoms with E-state index in [9.17, 15) is 9.59 Å². The van der Waals surface area contributed by atoms with Gasteiger partial charge in [-0.3, -0.25) is 9.48 Å². The minimum Gasteiger partial charge on any atom is -0.496 e. The Morgan fingerprint density at radius 3 is 2.46 bits per heavy atom. The normalized spacial score (nSPS) is 11.6. The molecule has 7 heteroatoms. The van der Waals surface area contributed by atoms with E-state index in [1.54, 1.807) is 24.1 Å². The minimum atomic E-state index is -1.05. The Morgan fingerprint density at radius 1 is 1.11 bits per heavy atom. The SMILES string of the molecule is COc1ccccc1-c1nn(Cc2ccccc2)cc1C(=O)O[C@@H](C)C(N)=O.